The van der Waals surface area contributed by atoms with Crippen LogP contribution in [0.25, 0.3) is 0 Å². The van der Waals surface area contributed by atoms with Crippen LogP contribution in [0.4, 0.5) is 4.79 Å². The lowest BCUT2D eigenvalue weighted by atomic mass is 10.1. The van der Waals surface area contributed by atoms with E-state index >= 15 is 0 Å². The highest BCUT2D eigenvalue weighted by Crippen LogP contribution is 2.08. The van der Waals surface area contributed by atoms with Gasteiger partial charge in [0.25, 0.3) is 0 Å². The first-order valence-electron chi connectivity index (χ1n) is 6.99. The molecular formula is C12H28N4O2. The Hall–Kier alpha value is -0.850. The first kappa shape index (κ1) is 17.2. The van der Waals surface area contributed by atoms with E-state index in [1.54, 1.807) is 0 Å². The van der Waals surface area contributed by atoms with Crippen LogP contribution in [-0.4, -0.2) is 17.7 Å². The summed E-state index contributed by atoms with van der Waals surface area (Å²) in [5, 5.41) is 8.25. The second-order valence-corrected chi connectivity index (χ2v) is 4.44. The summed E-state index contributed by atoms with van der Waals surface area (Å²) in [5.74, 6) is 0. The lowest BCUT2D eigenvalue weighted by Gasteiger charge is -2.07. The number of hydrogen-bond acceptors (Lipinski definition) is 4. The van der Waals surface area contributed by atoms with E-state index in [1.165, 1.54) is 51.4 Å². The molecule has 0 heterocycles. The smallest absolute Gasteiger partial charge is 0.420 e. The molecule has 0 saturated heterocycles. The van der Waals surface area contributed by atoms with Crippen LogP contribution in [0.1, 0.15) is 64.7 Å². The zero-order valence-corrected chi connectivity index (χ0v) is 11.4. The molecule has 0 aromatic carbocycles. The van der Waals surface area contributed by atoms with Crippen molar-refractivity contribution in [2.24, 2.45) is 0 Å². The Balaban J connectivity index is 2.92. The highest BCUT2D eigenvalue weighted by atomic mass is 16.4. The summed E-state index contributed by atoms with van der Waals surface area (Å²) in [6.07, 6.45) is 10.6. The molecule has 5 N–H and O–H groups in total. The highest BCUT2D eigenvalue weighted by molar-refractivity contribution is 5.63. The summed E-state index contributed by atoms with van der Waals surface area (Å²) in [6, 6.07) is 0. The zero-order chi connectivity index (χ0) is 13.5. The minimum Gasteiger partial charge on any atom is -0.464 e. The van der Waals surface area contributed by atoms with Crippen LogP contribution in [0.2, 0.25) is 0 Å². The van der Waals surface area contributed by atoms with Crippen molar-refractivity contribution in [3.05, 3.63) is 0 Å². The van der Waals surface area contributed by atoms with Crippen molar-refractivity contribution in [2.45, 2.75) is 64.7 Å². The monoisotopic (exact) mass is 260 g/mol. The summed E-state index contributed by atoms with van der Waals surface area (Å²) in [5.41, 5.74) is 9.70. The number of unbranched alkanes of at least 4 members (excludes halogenated alkanes) is 8. The van der Waals surface area contributed by atoms with Gasteiger partial charge in [0.05, 0.1) is 0 Å². The SMILES string of the molecule is CCCCCCCCCCCNNNNC(=O)O. The van der Waals surface area contributed by atoms with E-state index in [0.717, 1.165) is 13.0 Å². The molecule has 0 unspecified atom stereocenters. The van der Waals surface area contributed by atoms with Gasteiger partial charge in [-0.25, -0.2) is 15.6 Å². The molecule has 0 saturated carbocycles. The van der Waals surface area contributed by atoms with Gasteiger partial charge < -0.3 is 5.11 Å². The van der Waals surface area contributed by atoms with Gasteiger partial charge in [-0.3, -0.25) is 0 Å². The fourth-order valence-corrected chi connectivity index (χ4v) is 1.72. The molecule has 0 aromatic rings. The van der Waals surface area contributed by atoms with E-state index in [1.807, 2.05) is 5.43 Å². The van der Waals surface area contributed by atoms with Crippen LogP contribution in [0.5, 0.6) is 0 Å². The van der Waals surface area contributed by atoms with Gasteiger partial charge in [0, 0.05) is 6.54 Å². The van der Waals surface area contributed by atoms with E-state index in [9.17, 15) is 4.79 Å². The topological polar surface area (TPSA) is 85.4 Å². The maximum Gasteiger partial charge on any atom is 0.420 e. The molecule has 0 radical (unpaired) electrons. The third-order valence-electron chi connectivity index (χ3n) is 2.73. The predicted molar refractivity (Wildman–Crippen MR) is 72.7 cm³/mol. The largest absolute Gasteiger partial charge is 0.464 e. The van der Waals surface area contributed by atoms with E-state index in [4.69, 9.17) is 5.11 Å². The number of rotatable bonds is 13. The fourth-order valence-electron chi connectivity index (χ4n) is 1.72. The predicted octanol–water partition coefficient (Wildman–Crippen LogP) is 2.30. The molecule has 0 aliphatic heterocycles. The average molecular weight is 260 g/mol. The molecule has 18 heavy (non-hydrogen) atoms. The van der Waals surface area contributed by atoms with Crippen LogP contribution in [-0.2, 0) is 0 Å². The molecule has 0 spiro atoms. The van der Waals surface area contributed by atoms with Crippen molar-refractivity contribution in [2.75, 3.05) is 6.54 Å². The lowest BCUT2D eigenvalue weighted by Crippen LogP contribution is -2.52. The molecule has 0 aromatic heterocycles. The molecule has 108 valence electrons. The molecule has 0 fully saturated rings. The fraction of sp³-hybridized carbons (Fsp3) is 0.917. The molecule has 0 aliphatic rings. The minimum absolute atomic E-state index is 0.824. The number of amides is 1. The average Bonchev–Trinajstić information content (AvgIpc) is 2.34. The maximum absolute atomic E-state index is 10.1. The summed E-state index contributed by atoms with van der Waals surface area (Å²) < 4.78 is 0. The Kier molecular flexibility index (Phi) is 13.5. The van der Waals surface area contributed by atoms with Crippen LogP contribution >= 0.6 is 0 Å². The van der Waals surface area contributed by atoms with Crippen molar-refractivity contribution in [3.8, 4) is 0 Å². The molecule has 0 rings (SSSR count). The highest BCUT2D eigenvalue weighted by Gasteiger charge is 1.92. The van der Waals surface area contributed by atoms with Crippen LogP contribution < -0.4 is 21.9 Å². The van der Waals surface area contributed by atoms with E-state index in [2.05, 4.69) is 23.4 Å². The first-order chi connectivity index (χ1) is 8.77. The second kappa shape index (κ2) is 14.2. The summed E-state index contributed by atoms with van der Waals surface area (Å²) in [4.78, 5) is 10.1. The Morgan fingerprint density at radius 3 is 2.00 bits per heavy atom. The quantitative estimate of drug-likeness (QED) is 0.259. The summed E-state index contributed by atoms with van der Waals surface area (Å²) in [7, 11) is 0. The molecule has 1 amide bonds. The van der Waals surface area contributed by atoms with Gasteiger partial charge in [0.15, 0.2) is 0 Å². The number of hydrogen-bond donors (Lipinski definition) is 5. The number of hydrazine groups is 3. The van der Waals surface area contributed by atoms with Crippen LogP contribution in [0.15, 0.2) is 0 Å². The molecule has 0 bridgehead atoms. The molecular weight excluding hydrogens is 232 g/mol. The molecule has 6 nitrogen and oxygen atoms in total. The van der Waals surface area contributed by atoms with Crippen molar-refractivity contribution in [1.82, 2.24) is 21.9 Å². The number of carboxylic acid groups (broad SMARTS) is 1. The normalized spacial score (nSPS) is 10.5. The van der Waals surface area contributed by atoms with E-state index in [0.29, 0.717) is 0 Å². The Morgan fingerprint density at radius 1 is 0.889 bits per heavy atom. The third kappa shape index (κ3) is 15.1. The number of carbonyl (C=O) groups is 1. The van der Waals surface area contributed by atoms with Gasteiger partial charge in [0.2, 0.25) is 0 Å². The summed E-state index contributed by atoms with van der Waals surface area (Å²) >= 11 is 0. The summed E-state index contributed by atoms with van der Waals surface area (Å²) in [6.45, 7) is 3.06. The Morgan fingerprint density at radius 2 is 1.44 bits per heavy atom. The molecule has 0 atom stereocenters. The number of nitrogens with one attached hydrogen (secondary N) is 4. The van der Waals surface area contributed by atoms with Crippen LogP contribution in [0, 0.1) is 0 Å². The van der Waals surface area contributed by atoms with Crippen molar-refractivity contribution < 1.29 is 9.90 Å². The minimum atomic E-state index is -1.12. The van der Waals surface area contributed by atoms with E-state index in [-0.39, 0.29) is 0 Å². The third-order valence-corrected chi connectivity index (χ3v) is 2.73. The van der Waals surface area contributed by atoms with Gasteiger partial charge in [0.1, 0.15) is 0 Å². The standard InChI is InChI=1S/C12H28N4O2/c1-2-3-4-5-6-7-8-9-10-11-13-15-16-14-12(17)18/h13-16H,2-11H2,1H3,(H,17,18). The van der Waals surface area contributed by atoms with Crippen molar-refractivity contribution in [3.63, 3.8) is 0 Å². The van der Waals surface area contributed by atoms with Gasteiger partial charge in [-0.15, -0.1) is 0 Å². The van der Waals surface area contributed by atoms with Gasteiger partial charge in [-0.05, 0) is 6.42 Å². The van der Waals surface area contributed by atoms with Gasteiger partial charge in [-0.1, -0.05) is 58.3 Å². The maximum atomic E-state index is 10.1. The second-order valence-electron chi connectivity index (χ2n) is 4.44. The van der Waals surface area contributed by atoms with E-state index < -0.39 is 6.09 Å². The van der Waals surface area contributed by atoms with Crippen LogP contribution in [0.3, 0.4) is 0 Å². The van der Waals surface area contributed by atoms with Gasteiger partial charge in [-0.2, -0.15) is 11.1 Å². The first-order valence-corrected chi connectivity index (χ1v) is 6.99. The Labute approximate surface area is 110 Å². The lowest BCUT2D eigenvalue weighted by molar-refractivity contribution is 0.183. The molecule has 6 heteroatoms. The van der Waals surface area contributed by atoms with Crippen molar-refractivity contribution in [1.29, 1.82) is 0 Å². The zero-order valence-electron chi connectivity index (χ0n) is 11.4. The van der Waals surface area contributed by atoms with Gasteiger partial charge >= 0.3 is 6.09 Å². The Bertz CT molecular complexity index is 191. The van der Waals surface area contributed by atoms with Crippen molar-refractivity contribution >= 4 is 6.09 Å². The molecule has 0 aliphatic carbocycles.